The minimum Gasteiger partial charge on any atom is -0.467 e. The van der Waals surface area contributed by atoms with Gasteiger partial charge in [-0.3, -0.25) is 4.79 Å². The third-order valence-corrected chi connectivity index (χ3v) is 2.47. The van der Waals surface area contributed by atoms with E-state index in [4.69, 9.17) is 10.2 Å². The fourth-order valence-corrected chi connectivity index (χ4v) is 1.57. The van der Waals surface area contributed by atoms with Gasteiger partial charge in [0.05, 0.1) is 12.3 Å². The predicted molar refractivity (Wildman–Crippen MR) is 65.4 cm³/mol. The Kier molecular flexibility index (Phi) is 3.14. The Bertz CT molecular complexity index is 506. The summed E-state index contributed by atoms with van der Waals surface area (Å²) in [5.74, 6) is 0.559. The zero-order valence-corrected chi connectivity index (χ0v) is 9.51. The molecule has 2 rings (SSSR count). The minimum absolute atomic E-state index is 0.166. The number of furan rings is 1. The Labute approximate surface area is 99.4 Å². The maximum Gasteiger partial charge on any atom is 0.251 e. The third kappa shape index (κ3) is 2.66. The molecule has 0 saturated carbocycles. The molecule has 0 aliphatic rings. The molecule has 1 unspecified atom stereocenters. The summed E-state index contributed by atoms with van der Waals surface area (Å²) in [4.78, 5) is 11.9. The van der Waals surface area contributed by atoms with Gasteiger partial charge in [-0.15, -0.1) is 0 Å². The molecule has 0 spiro atoms. The number of carbonyl (C=O) groups excluding carboxylic acids is 1. The fraction of sp³-hybridized carbons (Fsp3) is 0.154. The number of rotatable bonds is 3. The number of benzene rings is 1. The first kappa shape index (κ1) is 11.3. The highest BCUT2D eigenvalue weighted by atomic mass is 16.3. The van der Waals surface area contributed by atoms with Gasteiger partial charge in [0, 0.05) is 11.3 Å². The van der Waals surface area contributed by atoms with E-state index >= 15 is 0 Å². The number of anilines is 1. The van der Waals surface area contributed by atoms with Crippen LogP contribution in [0, 0.1) is 0 Å². The van der Waals surface area contributed by atoms with Crippen LogP contribution >= 0.6 is 0 Å². The van der Waals surface area contributed by atoms with Crippen molar-refractivity contribution in [2.24, 2.45) is 0 Å². The molecule has 88 valence electrons. The molecule has 0 aliphatic heterocycles. The molecule has 0 bridgehead atoms. The van der Waals surface area contributed by atoms with E-state index in [0.29, 0.717) is 11.3 Å². The van der Waals surface area contributed by atoms with Crippen LogP contribution in [0.1, 0.15) is 29.1 Å². The van der Waals surface area contributed by atoms with Gasteiger partial charge >= 0.3 is 0 Å². The third-order valence-electron chi connectivity index (χ3n) is 2.47. The molecule has 4 nitrogen and oxygen atoms in total. The summed E-state index contributed by atoms with van der Waals surface area (Å²) in [5, 5.41) is 2.84. The summed E-state index contributed by atoms with van der Waals surface area (Å²) in [6.45, 7) is 1.86. The number of amides is 1. The fourth-order valence-electron chi connectivity index (χ4n) is 1.57. The summed E-state index contributed by atoms with van der Waals surface area (Å²) in [6.07, 6.45) is 1.58. The molecular formula is C13H14N2O2. The van der Waals surface area contributed by atoms with Crippen molar-refractivity contribution in [3.05, 3.63) is 54.0 Å². The SMILES string of the molecule is CC(NC(=O)c1cccc(N)c1)c1ccco1. The molecule has 1 aromatic heterocycles. The first-order valence-electron chi connectivity index (χ1n) is 5.36. The Morgan fingerprint density at radius 3 is 2.82 bits per heavy atom. The molecule has 0 radical (unpaired) electrons. The van der Waals surface area contributed by atoms with Crippen molar-refractivity contribution in [3.8, 4) is 0 Å². The number of hydrogen-bond acceptors (Lipinski definition) is 3. The average Bonchev–Trinajstić information content (AvgIpc) is 2.82. The van der Waals surface area contributed by atoms with Crippen molar-refractivity contribution in [1.29, 1.82) is 0 Å². The van der Waals surface area contributed by atoms with E-state index in [2.05, 4.69) is 5.32 Å². The second kappa shape index (κ2) is 4.74. The summed E-state index contributed by atoms with van der Waals surface area (Å²) < 4.78 is 5.22. The molecule has 0 saturated heterocycles. The zero-order chi connectivity index (χ0) is 12.3. The lowest BCUT2D eigenvalue weighted by Crippen LogP contribution is -2.26. The van der Waals surface area contributed by atoms with Crippen molar-refractivity contribution in [1.82, 2.24) is 5.32 Å². The van der Waals surface area contributed by atoms with Crippen LogP contribution in [-0.4, -0.2) is 5.91 Å². The molecule has 1 aromatic carbocycles. The quantitative estimate of drug-likeness (QED) is 0.795. The Morgan fingerprint density at radius 1 is 1.35 bits per heavy atom. The van der Waals surface area contributed by atoms with Gasteiger partial charge in [-0.1, -0.05) is 6.07 Å². The van der Waals surface area contributed by atoms with E-state index in [1.807, 2.05) is 13.0 Å². The van der Waals surface area contributed by atoms with Gasteiger partial charge in [-0.25, -0.2) is 0 Å². The first-order chi connectivity index (χ1) is 8.16. The Morgan fingerprint density at radius 2 is 2.18 bits per heavy atom. The van der Waals surface area contributed by atoms with Gasteiger partial charge in [0.15, 0.2) is 0 Å². The number of hydrogen-bond donors (Lipinski definition) is 2. The van der Waals surface area contributed by atoms with Crippen LogP contribution in [-0.2, 0) is 0 Å². The predicted octanol–water partition coefficient (Wildman–Crippen LogP) is 2.35. The van der Waals surface area contributed by atoms with Crippen molar-refractivity contribution >= 4 is 11.6 Å². The van der Waals surface area contributed by atoms with Crippen molar-refractivity contribution in [2.45, 2.75) is 13.0 Å². The van der Waals surface area contributed by atoms with Crippen molar-refractivity contribution in [2.75, 3.05) is 5.73 Å². The standard InChI is InChI=1S/C13H14N2O2/c1-9(12-6-3-7-17-12)15-13(16)10-4-2-5-11(14)8-10/h2-9H,14H2,1H3,(H,15,16). The Hall–Kier alpha value is -2.23. The van der Waals surface area contributed by atoms with Gasteiger partial charge in [-0.2, -0.15) is 0 Å². The van der Waals surface area contributed by atoms with Gasteiger partial charge in [0.1, 0.15) is 5.76 Å². The van der Waals surface area contributed by atoms with E-state index in [9.17, 15) is 4.79 Å². The van der Waals surface area contributed by atoms with Crippen LogP contribution in [0.15, 0.2) is 47.1 Å². The molecule has 0 aliphatic carbocycles. The summed E-state index contributed by atoms with van der Waals surface area (Å²) in [6, 6.07) is 10.3. The monoisotopic (exact) mass is 230 g/mol. The average molecular weight is 230 g/mol. The van der Waals surface area contributed by atoms with Crippen LogP contribution < -0.4 is 11.1 Å². The number of nitrogen functional groups attached to an aromatic ring is 1. The number of nitrogens with one attached hydrogen (secondary N) is 1. The molecule has 1 heterocycles. The highest BCUT2D eigenvalue weighted by Crippen LogP contribution is 2.14. The van der Waals surface area contributed by atoms with Crippen LogP contribution in [0.3, 0.4) is 0 Å². The van der Waals surface area contributed by atoms with Gasteiger partial charge in [0.2, 0.25) is 0 Å². The molecule has 4 heteroatoms. The lowest BCUT2D eigenvalue weighted by molar-refractivity contribution is 0.0935. The van der Waals surface area contributed by atoms with Crippen molar-refractivity contribution < 1.29 is 9.21 Å². The van der Waals surface area contributed by atoms with Crippen LogP contribution in [0.25, 0.3) is 0 Å². The highest BCUT2D eigenvalue weighted by Gasteiger charge is 2.13. The molecule has 1 amide bonds. The Balaban J connectivity index is 2.07. The van der Waals surface area contributed by atoms with Crippen LogP contribution in [0.4, 0.5) is 5.69 Å². The maximum atomic E-state index is 11.9. The second-order valence-corrected chi connectivity index (χ2v) is 3.84. The normalized spacial score (nSPS) is 12.1. The molecule has 3 N–H and O–H groups in total. The molecule has 1 atom stereocenters. The zero-order valence-electron chi connectivity index (χ0n) is 9.51. The lowest BCUT2D eigenvalue weighted by Gasteiger charge is -2.11. The largest absolute Gasteiger partial charge is 0.467 e. The molecule has 17 heavy (non-hydrogen) atoms. The van der Waals surface area contributed by atoms with E-state index in [0.717, 1.165) is 5.76 Å². The smallest absolute Gasteiger partial charge is 0.251 e. The van der Waals surface area contributed by atoms with Gasteiger partial charge < -0.3 is 15.5 Å². The second-order valence-electron chi connectivity index (χ2n) is 3.84. The van der Waals surface area contributed by atoms with Crippen LogP contribution in [0.5, 0.6) is 0 Å². The lowest BCUT2D eigenvalue weighted by atomic mass is 10.1. The highest BCUT2D eigenvalue weighted by molar-refractivity contribution is 5.95. The van der Waals surface area contributed by atoms with E-state index < -0.39 is 0 Å². The number of carbonyl (C=O) groups is 1. The van der Waals surface area contributed by atoms with E-state index in [-0.39, 0.29) is 11.9 Å². The topological polar surface area (TPSA) is 68.3 Å². The summed E-state index contributed by atoms with van der Waals surface area (Å²) in [5.41, 5.74) is 6.74. The number of nitrogens with two attached hydrogens (primary N) is 1. The molecule has 2 aromatic rings. The van der Waals surface area contributed by atoms with Gasteiger partial charge in [-0.05, 0) is 37.3 Å². The molecular weight excluding hydrogens is 216 g/mol. The van der Waals surface area contributed by atoms with Gasteiger partial charge in [0.25, 0.3) is 5.91 Å². The summed E-state index contributed by atoms with van der Waals surface area (Å²) >= 11 is 0. The molecule has 0 fully saturated rings. The van der Waals surface area contributed by atoms with Crippen LogP contribution in [0.2, 0.25) is 0 Å². The first-order valence-corrected chi connectivity index (χ1v) is 5.36. The maximum absolute atomic E-state index is 11.9. The van der Waals surface area contributed by atoms with Crippen molar-refractivity contribution in [3.63, 3.8) is 0 Å². The minimum atomic E-state index is -0.168. The van der Waals surface area contributed by atoms with E-state index in [1.54, 1.807) is 36.6 Å². The van der Waals surface area contributed by atoms with E-state index in [1.165, 1.54) is 0 Å². The summed E-state index contributed by atoms with van der Waals surface area (Å²) in [7, 11) is 0.